The van der Waals surface area contributed by atoms with E-state index >= 15 is 0 Å². The zero-order valence-electron chi connectivity index (χ0n) is 11.4. The summed E-state index contributed by atoms with van der Waals surface area (Å²) in [5.74, 6) is 0. The number of piperazine rings is 1. The number of hydrogen-bond acceptors (Lipinski definition) is 2. The van der Waals surface area contributed by atoms with Gasteiger partial charge in [-0.2, -0.15) is 0 Å². The van der Waals surface area contributed by atoms with Gasteiger partial charge in [0.15, 0.2) is 0 Å². The molecule has 1 aliphatic heterocycles. The van der Waals surface area contributed by atoms with Gasteiger partial charge in [-0.05, 0) is 25.3 Å². The van der Waals surface area contributed by atoms with Crippen molar-refractivity contribution < 1.29 is 0 Å². The second kappa shape index (κ2) is 5.41. The summed E-state index contributed by atoms with van der Waals surface area (Å²) < 4.78 is 0. The Morgan fingerprint density at radius 1 is 1.17 bits per heavy atom. The largest absolute Gasteiger partial charge is 0.311 e. The van der Waals surface area contributed by atoms with Crippen molar-refractivity contribution in [3.8, 4) is 0 Å². The Kier molecular flexibility index (Phi) is 3.67. The lowest BCUT2D eigenvalue weighted by atomic mass is 9.87. The third-order valence-corrected chi connectivity index (χ3v) is 4.51. The molecule has 0 unspecified atom stereocenters. The summed E-state index contributed by atoms with van der Waals surface area (Å²) in [6.45, 7) is 5.65. The SMILES string of the molecule is Cc1ccc(CN2CCN[C@H]3CCCC[C@H]32)cc1. The fourth-order valence-electron chi connectivity index (χ4n) is 3.47. The van der Waals surface area contributed by atoms with E-state index in [1.165, 1.54) is 43.4 Å². The number of nitrogens with zero attached hydrogens (tertiary/aromatic N) is 1. The van der Waals surface area contributed by atoms with Gasteiger partial charge in [-0.1, -0.05) is 42.7 Å². The van der Waals surface area contributed by atoms with E-state index in [1.807, 2.05) is 0 Å². The standard InChI is InChI=1S/C16H24N2/c1-13-6-8-14(9-7-13)12-18-11-10-17-15-4-2-3-5-16(15)18/h6-9,15-17H,2-5,10-12H2,1H3/t15-,16+/m0/s1. The van der Waals surface area contributed by atoms with Crippen LogP contribution >= 0.6 is 0 Å². The van der Waals surface area contributed by atoms with Gasteiger partial charge in [-0.25, -0.2) is 0 Å². The highest BCUT2D eigenvalue weighted by atomic mass is 15.2. The van der Waals surface area contributed by atoms with Gasteiger partial charge < -0.3 is 5.32 Å². The molecule has 1 saturated heterocycles. The summed E-state index contributed by atoms with van der Waals surface area (Å²) in [6, 6.07) is 10.6. The fourth-order valence-corrected chi connectivity index (χ4v) is 3.47. The minimum absolute atomic E-state index is 0.748. The van der Waals surface area contributed by atoms with Crippen molar-refractivity contribution in [1.82, 2.24) is 10.2 Å². The van der Waals surface area contributed by atoms with Gasteiger partial charge in [0.25, 0.3) is 0 Å². The molecule has 18 heavy (non-hydrogen) atoms. The second-order valence-electron chi connectivity index (χ2n) is 5.87. The molecule has 0 radical (unpaired) electrons. The van der Waals surface area contributed by atoms with Crippen molar-refractivity contribution in [2.75, 3.05) is 13.1 Å². The summed E-state index contributed by atoms with van der Waals surface area (Å²) in [5.41, 5.74) is 2.82. The van der Waals surface area contributed by atoms with Crippen molar-refractivity contribution in [2.24, 2.45) is 0 Å². The van der Waals surface area contributed by atoms with Gasteiger partial charge in [0.2, 0.25) is 0 Å². The molecule has 0 spiro atoms. The third-order valence-electron chi connectivity index (χ3n) is 4.51. The van der Waals surface area contributed by atoms with Crippen LogP contribution in [0, 0.1) is 6.92 Å². The molecule has 0 bridgehead atoms. The summed E-state index contributed by atoms with van der Waals surface area (Å²) in [4.78, 5) is 2.70. The van der Waals surface area contributed by atoms with Crippen molar-refractivity contribution in [3.63, 3.8) is 0 Å². The van der Waals surface area contributed by atoms with Crippen molar-refractivity contribution in [1.29, 1.82) is 0 Å². The highest BCUT2D eigenvalue weighted by molar-refractivity contribution is 5.21. The minimum Gasteiger partial charge on any atom is -0.311 e. The van der Waals surface area contributed by atoms with Gasteiger partial charge in [-0.15, -0.1) is 0 Å². The first-order chi connectivity index (χ1) is 8.83. The molecule has 1 aromatic carbocycles. The molecule has 2 heteroatoms. The first-order valence-corrected chi connectivity index (χ1v) is 7.36. The Balaban J connectivity index is 1.69. The summed E-state index contributed by atoms with van der Waals surface area (Å²) in [5, 5.41) is 3.70. The van der Waals surface area contributed by atoms with Crippen LogP contribution in [-0.2, 0) is 6.54 Å². The highest BCUT2D eigenvalue weighted by Gasteiger charge is 2.32. The number of aryl methyl sites for hydroxylation is 1. The lowest BCUT2D eigenvalue weighted by Gasteiger charge is -2.44. The van der Waals surface area contributed by atoms with Gasteiger partial charge in [0.1, 0.15) is 0 Å². The van der Waals surface area contributed by atoms with Crippen LogP contribution < -0.4 is 5.32 Å². The van der Waals surface area contributed by atoms with Crippen LogP contribution in [0.15, 0.2) is 24.3 Å². The quantitative estimate of drug-likeness (QED) is 0.860. The van der Waals surface area contributed by atoms with Crippen LogP contribution in [-0.4, -0.2) is 30.1 Å². The average molecular weight is 244 g/mol. The van der Waals surface area contributed by atoms with Crippen molar-refractivity contribution in [3.05, 3.63) is 35.4 Å². The van der Waals surface area contributed by atoms with Crippen molar-refractivity contribution >= 4 is 0 Å². The van der Waals surface area contributed by atoms with E-state index < -0.39 is 0 Å². The van der Waals surface area contributed by atoms with Crippen molar-refractivity contribution in [2.45, 2.75) is 51.2 Å². The molecule has 1 N–H and O–H groups in total. The number of rotatable bonds is 2. The molecule has 1 heterocycles. The van der Waals surface area contributed by atoms with E-state index in [0.29, 0.717) is 0 Å². The molecule has 1 saturated carbocycles. The Morgan fingerprint density at radius 3 is 2.78 bits per heavy atom. The van der Waals surface area contributed by atoms with Crippen LogP contribution in [0.4, 0.5) is 0 Å². The molecule has 0 amide bonds. The molecule has 0 aromatic heterocycles. The number of hydrogen-bond donors (Lipinski definition) is 1. The van der Waals surface area contributed by atoms with Crippen LogP contribution in [0.5, 0.6) is 0 Å². The predicted molar refractivity (Wildman–Crippen MR) is 75.6 cm³/mol. The summed E-state index contributed by atoms with van der Waals surface area (Å²) in [7, 11) is 0. The lowest BCUT2D eigenvalue weighted by Crippen LogP contribution is -2.58. The predicted octanol–water partition coefficient (Wildman–Crippen LogP) is 2.71. The first kappa shape index (κ1) is 12.2. The number of benzene rings is 1. The Hall–Kier alpha value is -0.860. The topological polar surface area (TPSA) is 15.3 Å². The molecule has 98 valence electrons. The third kappa shape index (κ3) is 2.60. The summed E-state index contributed by atoms with van der Waals surface area (Å²) >= 11 is 0. The van der Waals surface area contributed by atoms with Gasteiger partial charge in [0, 0.05) is 31.7 Å². The zero-order chi connectivity index (χ0) is 12.4. The minimum atomic E-state index is 0.748. The molecular weight excluding hydrogens is 220 g/mol. The first-order valence-electron chi connectivity index (χ1n) is 7.36. The van der Waals surface area contributed by atoms with Crippen LogP contribution in [0.3, 0.4) is 0 Å². The Morgan fingerprint density at radius 2 is 1.94 bits per heavy atom. The molecule has 2 fully saturated rings. The fraction of sp³-hybridized carbons (Fsp3) is 0.625. The Bertz CT molecular complexity index is 383. The smallest absolute Gasteiger partial charge is 0.0253 e. The van der Waals surface area contributed by atoms with Gasteiger partial charge in [-0.3, -0.25) is 4.90 Å². The number of fused-ring (bicyclic) bond motifs is 1. The second-order valence-corrected chi connectivity index (χ2v) is 5.87. The zero-order valence-corrected chi connectivity index (χ0v) is 11.4. The van der Waals surface area contributed by atoms with E-state index in [-0.39, 0.29) is 0 Å². The normalized spacial score (nSPS) is 28.9. The maximum absolute atomic E-state index is 3.70. The molecule has 2 aliphatic rings. The van der Waals surface area contributed by atoms with Crippen LogP contribution in [0.25, 0.3) is 0 Å². The van der Waals surface area contributed by atoms with Crippen LogP contribution in [0.1, 0.15) is 36.8 Å². The maximum Gasteiger partial charge on any atom is 0.0253 e. The van der Waals surface area contributed by atoms with E-state index in [1.54, 1.807) is 0 Å². The van der Waals surface area contributed by atoms with Gasteiger partial charge >= 0.3 is 0 Å². The molecule has 1 aliphatic carbocycles. The molecular formula is C16H24N2. The molecule has 1 aromatic rings. The van der Waals surface area contributed by atoms with E-state index in [2.05, 4.69) is 41.4 Å². The highest BCUT2D eigenvalue weighted by Crippen LogP contribution is 2.26. The van der Waals surface area contributed by atoms with Crippen LogP contribution in [0.2, 0.25) is 0 Å². The number of nitrogens with one attached hydrogen (secondary N) is 1. The summed E-state index contributed by atoms with van der Waals surface area (Å²) in [6.07, 6.45) is 5.57. The van der Waals surface area contributed by atoms with Gasteiger partial charge in [0.05, 0.1) is 0 Å². The maximum atomic E-state index is 3.70. The monoisotopic (exact) mass is 244 g/mol. The van der Waals surface area contributed by atoms with E-state index in [9.17, 15) is 0 Å². The lowest BCUT2D eigenvalue weighted by molar-refractivity contribution is 0.0815. The molecule has 2 atom stereocenters. The molecule has 3 rings (SSSR count). The average Bonchev–Trinajstić information content (AvgIpc) is 2.42. The Labute approximate surface area is 110 Å². The molecule has 2 nitrogen and oxygen atoms in total. The van der Waals surface area contributed by atoms with E-state index in [0.717, 1.165) is 25.2 Å². The van der Waals surface area contributed by atoms with E-state index in [4.69, 9.17) is 0 Å².